The number of nitrogens with one attached hydrogen (secondary N) is 1. The normalized spacial score (nSPS) is 11.4. The fraction of sp³-hybridized carbons (Fsp3) is 0.176. The third kappa shape index (κ3) is 4.88. The van der Waals surface area contributed by atoms with Gasteiger partial charge in [0, 0.05) is 10.7 Å². The molecule has 4 nitrogen and oxygen atoms in total. The van der Waals surface area contributed by atoms with Crippen LogP contribution in [0.3, 0.4) is 0 Å². The first kappa shape index (κ1) is 17.1. The van der Waals surface area contributed by atoms with Crippen LogP contribution in [0.15, 0.2) is 42.5 Å². The van der Waals surface area contributed by atoms with Crippen molar-refractivity contribution >= 4 is 34.8 Å². The Kier molecular flexibility index (Phi) is 5.86. The van der Waals surface area contributed by atoms with Crippen LogP contribution in [0.25, 0.3) is 0 Å². The lowest BCUT2D eigenvalue weighted by molar-refractivity contribution is -0.122. The Labute approximate surface area is 144 Å². The molecule has 0 aliphatic heterocycles. The summed E-state index contributed by atoms with van der Waals surface area (Å²) in [5.74, 6) is 0.0899. The number of carbonyl (C=O) groups is 1. The van der Waals surface area contributed by atoms with Crippen molar-refractivity contribution in [2.45, 2.75) is 19.4 Å². The van der Waals surface area contributed by atoms with E-state index in [0.717, 1.165) is 5.56 Å². The van der Waals surface area contributed by atoms with Crippen LogP contribution >= 0.6 is 23.2 Å². The molecule has 0 aliphatic rings. The highest BCUT2D eigenvalue weighted by molar-refractivity contribution is 6.35. The zero-order valence-corrected chi connectivity index (χ0v) is 13.9. The second-order valence-corrected chi connectivity index (χ2v) is 5.70. The van der Waals surface area contributed by atoms with E-state index in [1.165, 1.54) is 0 Å². The van der Waals surface area contributed by atoms with Crippen LogP contribution in [0.5, 0.6) is 5.75 Å². The highest BCUT2D eigenvalue weighted by Gasteiger charge is 2.16. The van der Waals surface area contributed by atoms with E-state index in [0.29, 0.717) is 27.9 Å². The second-order valence-electron chi connectivity index (χ2n) is 4.86. The molecule has 2 aromatic carbocycles. The summed E-state index contributed by atoms with van der Waals surface area (Å²) in [5.41, 5.74) is 1.53. The van der Waals surface area contributed by atoms with Crippen LogP contribution in [0, 0.1) is 11.3 Å². The lowest BCUT2D eigenvalue weighted by atomic mass is 10.1. The van der Waals surface area contributed by atoms with Gasteiger partial charge in [0.25, 0.3) is 5.91 Å². The number of halogens is 2. The Balaban J connectivity index is 1.98. The predicted molar refractivity (Wildman–Crippen MR) is 90.9 cm³/mol. The smallest absolute Gasteiger partial charge is 0.265 e. The van der Waals surface area contributed by atoms with Crippen LogP contribution in [0.1, 0.15) is 12.5 Å². The maximum Gasteiger partial charge on any atom is 0.265 e. The van der Waals surface area contributed by atoms with E-state index in [-0.39, 0.29) is 5.91 Å². The first-order chi connectivity index (χ1) is 11.0. The third-order valence-corrected chi connectivity index (χ3v) is 3.60. The van der Waals surface area contributed by atoms with Gasteiger partial charge in [-0.05, 0) is 42.8 Å². The number of benzene rings is 2. The number of ether oxygens (including phenoxy) is 1. The number of nitrogens with zero attached hydrogens (tertiary/aromatic N) is 1. The number of nitriles is 1. The van der Waals surface area contributed by atoms with E-state index in [1.54, 1.807) is 49.4 Å². The summed E-state index contributed by atoms with van der Waals surface area (Å²) in [6.07, 6.45) is -0.393. The fourth-order valence-corrected chi connectivity index (χ4v) is 2.31. The molecule has 0 saturated heterocycles. The highest BCUT2D eigenvalue weighted by atomic mass is 35.5. The van der Waals surface area contributed by atoms with E-state index < -0.39 is 6.10 Å². The van der Waals surface area contributed by atoms with Gasteiger partial charge in [-0.2, -0.15) is 5.26 Å². The number of hydrogen-bond donors (Lipinski definition) is 1. The maximum absolute atomic E-state index is 12.1. The zero-order valence-electron chi connectivity index (χ0n) is 12.3. The largest absolute Gasteiger partial charge is 0.479 e. The molecular formula is C17H14Cl2N2O2. The number of anilines is 1. The second kappa shape index (κ2) is 7.87. The molecule has 6 heteroatoms. The molecule has 1 atom stereocenters. The number of amides is 1. The minimum atomic E-state index is -0.729. The first-order valence-corrected chi connectivity index (χ1v) is 7.63. The fourth-order valence-electron chi connectivity index (χ4n) is 1.86. The molecule has 0 bridgehead atoms. The van der Waals surface area contributed by atoms with E-state index in [4.69, 9.17) is 33.2 Å². The molecule has 0 aliphatic carbocycles. The molecule has 0 aromatic heterocycles. The van der Waals surface area contributed by atoms with Gasteiger partial charge < -0.3 is 10.1 Å². The van der Waals surface area contributed by atoms with Gasteiger partial charge in [0.2, 0.25) is 0 Å². The Morgan fingerprint density at radius 1 is 1.26 bits per heavy atom. The average Bonchev–Trinajstić information content (AvgIpc) is 2.52. The molecule has 0 saturated carbocycles. The third-order valence-electron chi connectivity index (χ3n) is 3.07. The topological polar surface area (TPSA) is 62.1 Å². The van der Waals surface area contributed by atoms with Crippen LogP contribution in [-0.4, -0.2) is 12.0 Å². The molecular weight excluding hydrogens is 335 g/mol. The highest BCUT2D eigenvalue weighted by Crippen LogP contribution is 2.28. The quantitative estimate of drug-likeness (QED) is 0.867. The Hall–Kier alpha value is -2.22. The van der Waals surface area contributed by atoms with Crippen molar-refractivity contribution in [3.8, 4) is 11.8 Å². The number of rotatable bonds is 5. The summed E-state index contributed by atoms with van der Waals surface area (Å²) < 4.78 is 5.55. The molecule has 0 unspecified atom stereocenters. The molecule has 1 N–H and O–H groups in total. The summed E-state index contributed by atoms with van der Waals surface area (Å²) in [6.45, 7) is 1.63. The van der Waals surface area contributed by atoms with Crippen LogP contribution < -0.4 is 10.1 Å². The van der Waals surface area contributed by atoms with Crippen molar-refractivity contribution in [1.29, 1.82) is 5.26 Å². The van der Waals surface area contributed by atoms with Crippen LogP contribution in [-0.2, 0) is 11.2 Å². The summed E-state index contributed by atoms with van der Waals surface area (Å²) in [5, 5.41) is 12.2. The zero-order chi connectivity index (χ0) is 16.8. The number of carbonyl (C=O) groups excluding carboxylic acids is 1. The molecule has 0 spiro atoms. The minimum Gasteiger partial charge on any atom is -0.479 e. The van der Waals surface area contributed by atoms with Gasteiger partial charge >= 0.3 is 0 Å². The van der Waals surface area contributed by atoms with Gasteiger partial charge in [0.1, 0.15) is 5.75 Å². The summed E-state index contributed by atoms with van der Waals surface area (Å²) in [7, 11) is 0. The van der Waals surface area contributed by atoms with Crippen molar-refractivity contribution < 1.29 is 9.53 Å². The van der Waals surface area contributed by atoms with Crippen molar-refractivity contribution in [2.75, 3.05) is 5.32 Å². The molecule has 2 rings (SSSR count). The van der Waals surface area contributed by atoms with Crippen molar-refractivity contribution in [1.82, 2.24) is 0 Å². The molecule has 0 radical (unpaired) electrons. The first-order valence-electron chi connectivity index (χ1n) is 6.88. The predicted octanol–water partition coefficient (Wildman–Crippen LogP) is 4.47. The Bertz CT molecular complexity index is 739. The molecule has 23 heavy (non-hydrogen) atoms. The average molecular weight is 349 g/mol. The maximum atomic E-state index is 12.1. The van der Waals surface area contributed by atoms with Crippen LogP contribution in [0.4, 0.5) is 5.69 Å². The van der Waals surface area contributed by atoms with Gasteiger partial charge in [0.05, 0.1) is 17.5 Å². The van der Waals surface area contributed by atoms with Gasteiger partial charge in [-0.15, -0.1) is 0 Å². The van der Waals surface area contributed by atoms with Gasteiger partial charge in [-0.1, -0.05) is 35.3 Å². The van der Waals surface area contributed by atoms with Gasteiger partial charge in [-0.25, -0.2) is 0 Å². The monoisotopic (exact) mass is 348 g/mol. The lowest BCUT2D eigenvalue weighted by Crippen LogP contribution is -2.30. The molecule has 2 aromatic rings. The minimum absolute atomic E-state index is 0.302. The summed E-state index contributed by atoms with van der Waals surface area (Å²) in [6, 6.07) is 13.9. The molecule has 0 fully saturated rings. The van der Waals surface area contributed by atoms with Crippen LogP contribution in [0.2, 0.25) is 10.0 Å². The van der Waals surface area contributed by atoms with Gasteiger partial charge in [0.15, 0.2) is 6.10 Å². The van der Waals surface area contributed by atoms with Crippen molar-refractivity contribution in [3.63, 3.8) is 0 Å². The van der Waals surface area contributed by atoms with Crippen molar-refractivity contribution in [2.24, 2.45) is 0 Å². The van der Waals surface area contributed by atoms with E-state index >= 15 is 0 Å². The van der Waals surface area contributed by atoms with Crippen molar-refractivity contribution in [3.05, 3.63) is 58.1 Å². The molecule has 1 amide bonds. The summed E-state index contributed by atoms with van der Waals surface area (Å²) >= 11 is 11.8. The standard InChI is InChI=1S/C17H14Cl2N2O2/c1-11(23-16-7-4-13(18)10-15(16)19)17(22)21-14-5-2-12(3-6-14)8-9-20/h2-7,10-11H,8H2,1H3,(H,21,22)/t11-/m0/s1. The Morgan fingerprint density at radius 3 is 2.57 bits per heavy atom. The lowest BCUT2D eigenvalue weighted by Gasteiger charge is -2.16. The SMILES string of the molecule is C[C@H](Oc1ccc(Cl)cc1Cl)C(=O)Nc1ccc(CC#N)cc1. The van der Waals surface area contributed by atoms with E-state index in [9.17, 15) is 4.79 Å². The summed E-state index contributed by atoms with van der Waals surface area (Å²) in [4.78, 5) is 12.1. The van der Waals surface area contributed by atoms with Gasteiger partial charge in [-0.3, -0.25) is 4.79 Å². The van der Waals surface area contributed by atoms with E-state index in [1.807, 2.05) is 0 Å². The molecule has 118 valence electrons. The number of hydrogen-bond acceptors (Lipinski definition) is 3. The van der Waals surface area contributed by atoms with E-state index in [2.05, 4.69) is 11.4 Å². The molecule has 0 heterocycles. The Morgan fingerprint density at radius 2 is 1.96 bits per heavy atom.